The Hall–Kier alpha value is -8.34. The SMILES string of the molecule is c1ccc(N(c2ccc(-c3ccc(N(c4ccccc4)c4ccc5c(c4)oc4ccccc45)c4ccccc34)cc2)c2ccc3c(c2)c2ccccc2n3-c2ccccc2)cc1. The summed E-state index contributed by atoms with van der Waals surface area (Å²) in [6.07, 6.45) is 0. The van der Waals surface area contributed by atoms with Gasteiger partial charge in [0.05, 0.1) is 16.7 Å². The van der Waals surface area contributed by atoms with Gasteiger partial charge in [0.1, 0.15) is 11.2 Å². The molecule has 0 saturated carbocycles. The fraction of sp³-hybridized carbons (Fsp3) is 0. The zero-order chi connectivity index (χ0) is 41.0. The lowest BCUT2D eigenvalue weighted by Crippen LogP contribution is -2.10. The maximum atomic E-state index is 6.38. The van der Waals surface area contributed by atoms with Gasteiger partial charge in [0, 0.05) is 67.1 Å². The molecule has 0 spiro atoms. The summed E-state index contributed by atoms with van der Waals surface area (Å²) in [4.78, 5) is 4.70. The van der Waals surface area contributed by atoms with E-state index in [4.69, 9.17) is 4.42 Å². The van der Waals surface area contributed by atoms with E-state index in [-0.39, 0.29) is 0 Å². The lowest BCUT2D eigenvalue weighted by molar-refractivity contribution is 0.669. The molecule has 10 aromatic carbocycles. The molecule has 62 heavy (non-hydrogen) atoms. The van der Waals surface area contributed by atoms with Crippen molar-refractivity contribution in [2.24, 2.45) is 0 Å². The quantitative estimate of drug-likeness (QED) is 0.153. The van der Waals surface area contributed by atoms with E-state index < -0.39 is 0 Å². The first-order valence-electron chi connectivity index (χ1n) is 21.1. The van der Waals surface area contributed by atoms with Crippen LogP contribution in [0.15, 0.2) is 241 Å². The fourth-order valence-electron chi connectivity index (χ4n) is 9.36. The van der Waals surface area contributed by atoms with Gasteiger partial charge >= 0.3 is 0 Å². The number of hydrogen-bond acceptors (Lipinski definition) is 3. The van der Waals surface area contributed by atoms with Gasteiger partial charge in [-0.25, -0.2) is 0 Å². The van der Waals surface area contributed by atoms with Gasteiger partial charge in [0.25, 0.3) is 0 Å². The van der Waals surface area contributed by atoms with Crippen LogP contribution in [0.3, 0.4) is 0 Å². The molecule has 0 fully saturated rings. The Bertz CT molecular complexity index is 3570. The van der Waals surface area contributed by atoms with Crippen LogP contribution in [0.4, 0.5) is 34.1 Å². The van der Waals surface area contributed by atoms with Crippen LogP contribution >= 0.6 is 0 Å². The molecule has 0 aliphatic rings. The minimum atomic E-state index is 0.869. The molecule has 0 amide bonds. The predicted molar refractivity (Wildman–Crippen MR) is 260 cm³/mol. The van der Waals surface area contributed by atoms with Gasteiger partial charge in [0.2, 0.25) is 0 Å². The number of hydrogen-bond donors (Lipinski definition) is 0. The zero-order valence-corrected chi connectivity index (χ0v) is 33.8. The number of furan rings is 1. The van der Waals surface area contributed by atoms with Crippen LogP contribution in [0.1, 0.15) is 0 Å². The molecule has 4 heteroatoms. The molecule has 4 nitrogen and oxygen atoms in total. The summed E-state index contributed by atoms with van der Waals surface area (Å²) in [6.45, 7) is 0. The normalized spacial score (nSPS) is 11.5. The van der Waals surface area contributed by atoms with Crippen LogP contribution in [-0.2, 0) is 0 Å². The second-order valence-corrected chi connectivity index (χ2v) is 15.7. The summed E-state index contributed by atoms with van der Waals surface area (Å²) >= 11 is 0. The summed E-state index contributed by atoms with van der Waals surface area (Å²) in [5.74, 6) is 0. The number of fused-ring (bicyclic) bond motifs is 7. The van der Waals surface area contributed by atoms with Gasteiger partial charge in [-0.2, -0.15) is 0 Å². The Kier molecular flexibility index (Phi) is 8.46. The van der Waals surface area contributed by atoms with Gasteiger partial charge in [-0.05, 0) is 114 Å². The van der Waals surface area contributed by atoms with E-state index in [1.54, 1.807) is 0 Å². The molecular formula is C58H39N3O. The molecule has 0 N–H and O–H groups in total. The van der Waals surface area contributed by atoms with Gasteiger partial charge < -0.3 is 18.8 Å². The molecule has 0 radical (unpaired) electrons. The lowest BCUT2D eigenvalue weighted by Gasteiger charge is -2.27. The number of nitrogens with zero attached hydrogens (tertiary/aromatic N) is 3. The summed E-state index contributed by atoms with van der Waals surface area (Å²) in [7, 11) is 0. The Morgan fingerprint density at radius 3 is 1.60 bits per heavy atom. The van der Waals surface area contributed by atoms with Gasteiger partial charge in [-0.3, -0.25) is 0 Å². The summed E-state index contributed by atoms with van der Waals surface area (Å²) in [5, 5.41) is 7.03. The molecule has 0 aliphatic carbocycles. The molecule has 0 unspecified atom stereocenters. The highest BCUT2D eigenvalue weighted by Gasteiger charge is 2.21. The third-order valence-corrected chi connectivity index (χ3v) is 12.2. The largest absolute Gasteiger partial charge is 0.456 e. The monoisotopic (exact) mass is 793 g/mol. The molecule has 0 saturated heterocycles. The third kappa shape index (κ3) is 5.92. The molecule has 292 valence electrons. The summed E-state index contributed by atoms with van der Waals surface area (Å²) < 4.78 is 8.75. The first-order chi connectivity index (χ1) is 30.8. The maximum Gasteiger partial charge on any atom is 0.137 e. The van der Waals surface area contributed by atoms with Crippen molar-refractivity contribution in [2.45, 2.75) is 0 Å². The number of para-hydroxylation sites is 5. The van der Waals surface area contributed by atoms with E-state index in [0.717, 1.165) is 72.7 Å². The van der Waals surface area contributed by atoms with E-state index in [9.17, 15) is 0 Å². The van der Waals surface area contributed by atoms with Crippen LogP contribution in [0.5, 0.6) is 0 Å². The highest BCUT2D eigenvalue weighted by atomic mass is 16.3. The molecule has 0 bridgehead atoms. The van der Waals surface area contributed by atoms with Gasteiger partial charge in [-0.15, -0.1) is 0 Å². The molecule has 2 heterocycles. The Morgan fingerprint density at radius 2 is 0.839 bits per heavy atom. The number of benzene rings is 10. The molecule has 12 rings (SSSR count). The zero-order valence-electron chi connectivity index (χ0n) is 33.8. The second-order valence-electron chi connectivity index (χ2n) is 15.7. The van der Waals surface area contributed by atoms with Crippen LogP contribution in [0.2, 0.25) is 0 Å². The Balaban J connectivity index is 0.959. The third-order valence-electron chi connectivity index (χ3n) is 12.2. The molecule has 12 aromatic rings. The topological polar surface area (TPSA) is 24.6 Å². The van der Waals surface area contributed by atoms with E-state index in [2.05, 4.69) is 239 Å². The average Bonchev–Trinajstić information content (AvgIpc) is 3.88. The molecule has 0 atom stereocenters. The molecule has 2 aromatic heterocycles. The maximum absolute atomic E-state index is 6.38. The number of anilines is 6. The van der Waals surface area contributed by atoms with Crippen molar-refractivity contribution in [2.75, 3.05) is 9.80 Å². The van der Waals surface area contributed by atoms with Crippen molar-refractivity contribution in [3.05, 3.63) is 237 Å². The standard InChI is InChI=1S/C58H39N3O/c1-4-16-41(17-5-1)59(45-33-36-56-53(38-45)50-24-12-14-26-54(50)61(56)43-20-8-3-9-21-43)44-30-28-40(29-31-44)47-35-37-55(49-23-11-10-22-48(47)49)60(42-18-6-2-7-19-42)46-32-34-52-51-25-13-15-27-57(51)62-58(52)39-46/h1-39H. The van der Waals surface area contributed by atoms with Crippen molar-refractivity contribution in [3.8, 4) is 16.8 Å². The summed E-state index contributed by atoms with van der Waals surface area (Å²) in [6, 6.07) is 84.6. The van der Waals surface area contributed by atoms with Crippen LogP contribution < -0.4 is 9.80 Å². The first-order valence-corrected chi connectivity index (χ1v) is 21.1. The van der Waals surface area contributed by atoms with E-state index in [0.29, 0.717) is 0 Å². The van der Waals surface area contributed by atoms with Crippen LogP contribution in [0, 0.1) is 0 Å². The highest BCUT2D eigenvalue weighted by Crippen LogP contribution is 2.45. The van der Waals surface area contributed by atoms with Crippen LogP contribution in [-0.4, -0.2) is 4.57 Å². The Labute approximate surface area is 359 Å². The molecule has 0 aliphatic heterocycles. The van der Waals surface area contributed by atoms with E-state index >= 15 is 0 Å². The van der Waals surface area contributed by atoms with Crippen molar-refractivity contribution >= 4 is 88.6 Å². The van der Waals surface area contributed by atoms with E-state index in [1.165, 1.54) is 32.8 Å². The van der Waals surface area contributed by atoms with Crippen molar-refractivity contribution < 1.29 is 4.42 Å². The Morgan fingerprint density at radius 1 is 0.306 bits per heavy atom. The lowest BCUT2D eigenvalue weighted by atomic mass is 9.96. The van der Waals surface area contributed by atoms with Crippen molar-refractivity contribution in [3.63, 3.8) is 0 Å². The summed E-state index contributed by atoms with van der Waals surface area (Å²) in [5.41, 5.74) is 14.1. The van der Waals surface area contributed by atoms with Gasteiger partial charge in [-0.1, -0.05) is 133 Å². The highest BCUT2D eigenvalue weighted by molar-refractivity contribution is 6.11. The van der Waals surface area contributed by atoms with Crippen molar-refractivity contribution in [1.29, 1.82) is 0 Å². The predicted octanol–water partition coefficient (Wildman–Crippen LogP) is 16.4. The fourth-order valence-corrected chi connectivity index (χ4v) is 9.36. The number of rotatable bonds is 8. The van der Waals surface area contributed by atoms with E-state index in [1.807, 2.05) is 12.1 Å². The first kappa shape index (κ1) is 35.6. The number of aromatic nitrogens is 1. The molecular weight excluding hydrogens is 755 g/mol. The smallest absolute Gasteiger partial charge is 0.137 e. The minimum absolute atomic E-state index is 0.869. The second kappa shape index (κ2) is 14.7. The van der Waals surface area contributed by atoms with Crippen LogP contribution in [0.25, 0.3) is 71.3 Å². The minimum Gasteiger partial charge on any atom is -0.456 e. The van der Waals surface area contributed by atoms with Gasteiger partial charge in [0.15, 0.2) is 0 Å². The van der Waals surface area contributed by atoms with Crippen molar-refractivity contribution in [1.82, 2.24) is 4.57 Å². The average molecular weight is 794 g/mol.